The van der Waals surface area contributed by atoms with E-state index in [-0.39, 0.29) is 35.3 Å². The third kappa shape index (κ3) is 4.93. The minimum absolute atomic E-state index is 0.0150. The average molecular weight is 457 g/mol. The summed E-state index contributed by atoms with van der Waals surface area (Å²) in [7, 11) is 0. The van der Waals surface area contributed by atoms with Crippen LogP contribution in [0.15, 0.2) is 78.5 Å². The number of carbonyl (C=O) groups is 2. The molecule has 0 atom stereocenters. The first kappa shape index (κ1) is 23.4. The SMILES string of the molecule is Cc1ccc(C2=C(Nc3ccc(C(C)(C)C)cc3)C(=O)N(CCc3ccc(F)cc3)C2=O)cc1. The lowest BCUT2D eigenvalue weighted by Gasteiger charge is -2.19. The molecule has 0 unspecified atom stereocenters. The van der Waals surface area contributed by atoms with Gasteiger partial charge in [0.15, 0.2) is 0 Å². The van der Waals surface area contributed by atoms with E-state index in [1.807, 2.05) is 55.5 Å². The van der Waals surface area contributed by atoms with Crippen molar-refractivity contribution in [3.8, 4) is 0 Å². The number of aryl methyl sites for hydroxylation is 1. The summed E-state index contributed by atoms with van der Waals surface area (Å²) >= 11 is 0. The molecule has 0 saturated carbocycles. The van der Waals surface area contributed by atoms with E-state index in [4.69, 9.17) is 0 Å². The molecule has 4 rings (SSSR count). The van der Waals surface area contributed by atoms with Gasteiger partial charge in [-0.2, -0.15) is 0 Å². The molecule has 1 N–H and O–H groups in total. The summed E-state index contributed by atoms with van der Waals surface area (Å²) in [6.07, 6.45) is 0.451. The smallest absolute Gasteiger partial charge is 0.278 e. The third-order valence-corrected chi connectivity index (χ3v) is 6.07. The second-order valence-corrected chi connectivity index (χ2v) is 9.71. The second-order valence-electron chi connectivity index (χ2n) is 9.71. The van der Waals surface area contributed by atoms with Gasteiger partial charge in [-0.05, 0) is 59.7 Å². The monoisotopic (exact) mass is 456 g/mol. The Morgan fingerprint density at radius 2 is 1.44 bits per heavy atom. The zero-order chi connectivity index (χ0) is 24.5. The van der Waals surface area contributed by atoms with E-state index in [9.17, 15) is 14.0 Å². The first-order valence-electron chi connectivity index (χ1n) is 11.4. The van der Waals surface area contributed by atoms with Crippen molar-refractivity contribution in [1.29, 1.82) is 0 Å². The van der Waals surface area contributed by atoms with Crippen LogP contribution >= 0.6 is 0 Å². The molecule has 1 aliphatic rings. The van der Waals surface area contributed by atoms with Gasteiger partial charge in [0.2, 0.25) is 0 Å². The molecular formula is C29H29FN2O2. The molecule has 1 heterocycles. The minimum atomic E-state index is -0.359. The Hall–Kier alpha value is -3.73. The van der Waals surface area contributed by atoms with E-state index < -0.39 is 0 Å². The quantitative estimate of drug-likeness (QED) is 0.472. The van der Waals surface area contributed by atoms with E-state index in [0.29, 0.717) is 17.6 Å². The Morgan fingerprint density at radius 3 is 2.03 bits per heavy atom. The number of halogens is 1. The van der Waals surface area contributed by atoms with Crippen LogP contribution in [0.2, 0.25) is 0 Å². The van der Waals surface area contributed by atoms with Crippen LogP contribution in [0, 0.1) is 12.7 Å². The number of amides is 2. The fraction of sp³-hybridized carbons (Fsp3) is 0.241. The number of carbonyl (C=O) groups excluding carboxylic acids is 2. The molecule has 174 valence electrons. The van der Waals surface area contributed by atoms with Crippen molar-refractivity contribution >= 4 is 23.1 Å². The number of nitrogens with zero attached hydrogens (tertiary/aromatic N) is 1. The fourth-order valence-corrected chi connectivity index (χ4v) is 3.97. The van der Waals surface area contributed by atoms with Crippen molar-refractivity contribution in [2.24, 2.45) is 0 Å². The molecule has 0 fully saturated rings. The number of hydrogen-bond donors (Lipinski definition) is 1. The Bertz CT molecular complexity index is 1240. The van der Waals surface area contributed by atoms with Crippen LogP contribution in [-0.4, -0.2) is 23.3 Å². The number of rotatable bonds is 6. The topological polar surface area (TPSA) is 49.4 Å². The lowest BCUT2D eigenvalue weighted by molar-refractivity contribution is -0.136. The van der Waals surface area contributed by atoms with Crippen LogP contribution in [0.4, 0.5) is 10.1 Å². The maximum atomic E-state index is 13.4. The molecule has 0 spiro atoms. The van der Waals surface area contributed by atoms with E-state index >= 15 is 0 Å². The van der Waals surface area contributed by atoms with Crippen molar-refractivity contribution in [3.05, 3.63) is 107 Å². The number of hydrogen-bond acceptors (Lipinski definition) is 3. The number of imide groups is 1. The van der Waals surface area contributed by atoms with Crippen LogP contribution in [-0.2, 0) is 21.4 Å². The lowest BCUT2D eigenvalue weighted by Crippen LogP contribution is -2.34. The molecule has 3 aromatic carbocycles. The normalized spacial score (nSPS) is 14.2. The second kappa shape index (κ2) is 9.26. The fourth-order valence-electron chi connectivity index (χ4n) is 3.97. The highest BCUT2D eigenvalue weighted by molar-refractivity contribution is 6.36. The summed E-state index contributed by atoms with van der Waals surface area (Å²) in [5, 5.41) is 3.22. The highest BCUT2D eigenvalue weighted by atomic mass is 19.1. The van der Waals surface area contributed by atoms with Gasteiger partial charge in [0, 0.05) is 12.2 Å². The Kier molecular flexibility index (Phi) is 6.38. The summed E-state index contributed by atoms with van der Waals surface area (Å²) in [5.41, 5.74) is 5.21. The van der Waals surface area contributed by atoms with Crippen LogP contribution in [0.1, 0.15) is 43.0 Å². The highest BCUT2D eigenvalue weighted by Crippen LogP contribution is 2.31. The van der Waals surface area contributed by atoms with Crippen LogP contribution in [0.25, 0.3) is 5.57 Å². The molecule has 0 saturated heterocycles. The molecule has 3 aromatic rings. The van der Waals surface area contributed by atoms with Gasteiger partial charge < -0.3 is 5.32 Å². The van der Waals surface area contributed by atoms with Gasteiger partial charge in [0.25, 0.3) is 11.8 Å². The molecular weight excluding hydrogens is 427 g/mol. The summed E-state index contributed by atoms with van der Waals surface area (Å²) in [4.78, 5) is 28.1. The van der Waals surface area contributed by atoms with Crippen molar-refractivity contribution in [2.75, 3.05) is 11.9 Å². The molecule has 34 heavy (non-hydrogen) atoms. The maximum absolute atomic E-state index is 13.4. The van der Waals surface area contributed by atoms with E-state index in [1.54, 1.807) is 12.1 Å². The highest BCUT2D eigenvalue weighted by Gasteiger charge is 2.39. The first-order valence-corrected chi connectivity index (χ1v) is 11.4. The van der Waals surface area contributed by atoms with Crippen LogP contribution in [0.5, 0.6) is 0 Å². The summed E-state index contributed by atoms with van der Waals surface area (Å²) in [6.45, 7) is 8.63. The lowest BCUT2D eigenvalue weighted by atomic mass is 9.87. The summed E-state index contributed by atoms with van der Waals surface area (Å²) < 4.78 is 13.2. The predicted octanol–water partition coefficient (Wildman–Crippen LogP) is 5.87. The van der Waals surface area contributed by atoms with Gasteiger partial charge in [0.05, 0.1) is 5.57 Å². The van der Waals surface area contributed by atoms with Gasteiger partial charge in [-0.3, -0.25) is 14.5 Å². The van der Waals surface area contributed by atoms with Gasteiger partial charge in [0.1, 0.15) is 11.5 Å². The minimum Gasteiger partial charge on any atom is -0.350 e. The molecule has 5 heteroatoms. The third-order valence-electron chi connectivity index (χ3n) is 6.07. The molecule has 0 aliphatic carbocycles. The Morgan fingerprint density at radius 1 is 0.824 bits per heavy atom. The average Bonchev–Trinajstić information content (AvgIpc) is 3.03. The van der Waals surface area contributed by atoms with Gasteiger partial charge >= 0.3 is 0 Å². The Balaban J connectivity index is 1.64. The summed E-state index contributed by atoms with van der Waals surface area (Å²) in [6, 6.07) is 21.6. The Labute approximate surface area is 200 Å². The maximum Gasteiger partial charge on any atom is 0.278 e. The molecule has 4 nitrogen and oxygen atoms in total. The molecule has 1 aliphatic heterocycles. The van der Waals surface area contributed by atoms with Crippen LogP contribution in [0.3, 0.4) is 0 Å². The number of benzene rings is 3. The van der Waals surface area contributed by atoms with E-state index in [2.05, 4.69) is 26.1 Å². The zero-order valence-electron chi connectivity index (χ0n) is 20.0. The molecule has 2 amide bonds. The predicted molar refractivity (Wildman–Crippen MR) is 134 cm³/mol. The largest absolute Gasteiger partial charge is 0.350 e. The standard InChI is InChI=1S/C29H29FN2O2/c1-19-5-9-21(10-6-19)25-26(31-24-15-11-22(12-16-24)29(2,3)4)28(34)32(27(25)33)18-17-20-7-13-23(30)14-8-20/h5-16,31H,17-18H2,1-4H3. The first-order chi connectivity index (χ1) is 16.1. The number of anilines is 1. The molecule has 0 bridgehead atoms. The van der Waals surface area contributed by atoms with Crippen molar-refractivity contribution in [3.63, 3.8) is 0 Å². The van der Waals surface area contributed by atoms with Crippen LogP contribution < -0.4 is 5.32 Å². The van der Waals surface area contributed by atoms with Gasteiger partial charge in [-0.1, -0.05) is 74.9 Å². The summed E-state index contributed by atoms with van der Waals surface area (Å²) in [5.74, 6) is -1.00. The van der Waals surface area contributed by atoms with Crippen molar-refractivity contribution in [1.82, 2.24) is 4.90 Å². The number of nitrogens with one attached hydrogen (secondary N) is 1. The van der Waals surface area contributed by atoms with E-state index in [1.165, 1.54) is 22.6 Å². The van der Waals surface area contributed by atoms with Crippen molar-refractivity contribution < 1.29 is 14.0 Å². The molecule has 0 radical (unpaired) electrons. The van der Waals surface area contributed by atoms with Gasteiger partial charge in [-0.15, -0.1) is 0 Å². The van der Waals surface area contributed by atoms with Crippen molar-refractivity contribution in [2.45, 2.75) is 39.5 Å². The zero-order valence-corrected chi connectivity index (χ0v) is 20.0. The van der Waals surface area contributed by atoms with E-state index in [0.717, 1.165) is 16.8 Å². The van der Waals surface area contributed by atoms with Gasteiger partial charge in [-0.25, -0.2) is 4.39 Å². The molecule has 0 aromatic heterocycles.